The first-order valence-electron chi connectivity index (χ1n) is 7.85. The fourth-order valence-electron chi connectivity index (χ4n) is 3.88. The highest BCUT2D eigenvalue weighted by atomic mass is 16.5. The van der Waals surface area contributed by atoms with Crippen LogP contribution in [0.4, 0.5) is 0 Å². The van der Waals surface area contributed by atoms with Crippen LogP contribution >= 0.6 is 0 Å². The van der Waals surface area contributed by atoms with Crippen molar-refractivity contribution in [3.63, 3.8) is 0 Å². The van der Waals surface area contributed by atoms with Crippen molar-refractivity contribution in [3.8, 4) is 0 Å². The van der Waals surface area contributed by atoms with Crippen molar-refractivity contribution in [1.29, 1.82) is 0 Å². The largest absolute Gasteiger partial charge is 0.372 e. The molecule has 0 bridgehead atoms. The summed E-state index contributed by atoms with van der Waals surface area (Å²) in [7, 11) is 0. The van der Waals surface area contributed by atoms with Gasteiger partial charge in [-0.1, -0.05) is 68.4 Å². The van der Waals surface area contributed by atoms with Gasteiger partial charge in [0, 0.05) is 5.41 Å². The van der Waals surface area contributed by atoms with Gasteiger partial charge in [0.15, 0.2) is 0 Å². The molecule has 0 radical (unpaired) electrons. The van der Waals surface area contributed by atoms with E-state index in [9.17, 15) is 0 Å². The van der Waals surface area contributed by atoms with Gasteiger partial charge in [-0.05, 0) is 39.5 Å². The van der Waals surface area contributed by atoms with Crippen molar-refractivity contribution >= 4 is 11.6 Å². The van der Waals surface area contributed by atoms with Crippen LogP contribution in [0.15, 0.2) is 65.7 Å². The molecule has 2 aromatic carbocycles. The Morgan fingerprint density at radius 2 is 1.64 bits per heavy atom. The Morgan fingerprint density at radius 3 is 2.45 bits per heavy atom. The highest BCUT2D eigenvalue weighted by molar-refractivity contribution is 5.86. The average Bonchev–Trinajstić information content (AvgIpc) is 2.78. The second-order valence-electron chi connectivity index (χ2n) is 6.60. The second-order valence-corrected chi connectivity index (χ2v) is 6.60. The lowest BCUT2D eigenvalue weighted by atomic mass is 9.77. The molecule has 0 aromatic heterocycles. The molecule has 2 aliphatic rings. The van der Waals surface area contributed by atoms with Crippen LogP contribution in [-0.2, 0) is 10.2 Å². The first-order chi connectivity index (χ1) is 10.7. The minimum Gasteiger partial charge on any atom is -0.372 e. The van der Waals surface area contributed by atoms with Gasteiger partial charge in [-0.2, -0.15) is 0 Å². The van der Waals surface area contributed by atoms with Crippen molar-refractivity contribution in [2.45, 2.75) is 19.3 Å². The monoisotopic (exact) mass is 288 g/mol. The number of hydrogen-bond acceptors (Lipinski definition) is 1. The number of rotatable bonds is 1. The number of benzene rings is 2. The third-order valence-corrected chi connectivity index (χ3v) is 4.82. The van der Waals surface area contributed by atoms with Crippen molar-refractivity contribution < 1.29 is 4.74 Å². The molecule has 0 N–H and O–H groups in total. The molecule has 4 rings (SSSR count). The Kier molecular flexibility index (Phi) is 3.05. The predicted octanol–water partition coefficient (Wildman–Crippen LogP) is 4.85. The summed E-state index contributed by atoms with van der Waals surface area (Å²) in [6, 6.07) is 19.3. The Labute approximate surface area is 131 Å². The van der Waals surface area contributed by atoms with E-state index in [2.05, 4.69) is 74.5 Å². The Hall–Kier alpha value is -2.12. The van der Waals surface area contributed by atoms with Crippen LogP contribution in [0.25, 0.3) is 11.6 Å². The average molecular weight is 288 g/mol. The summed E-state index contributed by atoms with van der Waals surface area (Å²) in [5.74, 6) is 0. The lowest BCUT2D eigenvalue weighted by molar-refractivity contribution is 0.186. The van der Waals surface area contributed by atoms with E-state index in [0.717, 1.165) is 6.61 Å². The first kappa shape index (κ1) is 13.5. The lowest BCUT2D eigenvalue weighted by Gasteiger charge is -2.29. The Morgan fingerprint density at radius 1 is 0.909 bits per heavy atom. The van der Waals surface area contributed by atoms with Crippen molar-refractivity contribution in [2.75, 3.05) is 13.2 Å². The first-order valence-corrected chi connectivity index (χ1v) is 7.85. The van der Waals surface area contributed by atoms with Crippen LogP contribution in [0.3, 0.4) is 0 Å². The van der Waals surface area contributed by atoms with Gasteiger partial charge in [0.25, 0.3) is 0 Å². The summed E-state index contributed by atoms with van der Waals surface area (Å²) in [5.41, 5.74) is 8.22. The molecule has 1 heteroatoms. The van der Waals surface area contributed by atoms with Crippen LogP contribution in [0, 0.1) is 0 Å². The maximum absolute atomic E-state index is 5.89. The molecule has 0 fully saturated rings. The van der Waals surface area contributed by atoms with Gasteiger partial charge in [0.05, 0.1) is 13.2 Å². The molecular weight excluding hydrogens is 268 g/mol. The lowest BCUT2D eigenvalue weighted by Crippen LogP contribution is -2.22. The zero-order valence-corrected chi connectivity index (χ0v) is 13.1. The smallest absolute Gasteiger partial charge is 0.0730 e. The summed E-state index contributed by atoms with van der Waals surface area (Å²) >= 11 is 0. The predicted molar refractivity (Wildman–Crippen MR) is 91.6 cm³/mol. The topological polar surface area (TPSA) is 9.23 Å². The summed E-state index contributed by atoms with van der Waals surface area (Å²) in [5, 5.41) is 0. The van der Waals surface area contributed by atoms with Crippen molar-refractivity contribution in [1.82, 2.24) is 0 Å². The summed E-state index contributed by atoms with van der Waals surface area (Å²) in [6.07, 6.45) is 2.28. The zero-order chi connectivity index (χ0) is 15.2. The minimum atomic E-state index is 0.0519. The molecule has 1 nitrogen and oxygen atoms in total. The second kappa shape index (κ2) is 4.96. The van der Waals surface area contributed by atoms with Gasteiger partial charge < -0.3 is 4.74 Å². The van der Waals surface area contributed by atoms with Gasteiger partial charge in [0.1, 0.15) is 0 Å². The quantitative estimate of drug-likeness (QED) is 0.729. The molecule has 0 saturated heterocycles. The summed E-state index contributed by atoms with van der Waals surface area (Å²) < 4.78 is 5.89. The number of fused-ring (bicyclic) bond motifs is 2. The molecule has 1 heterocycles. The maximum atomic E-state index is 5.89. The highest BCUT2D eigenvalue weighted by Gasteiger charge is 2.40. The van der Waals surface area contributed by atoms with Crippen LogP contribution in [0.5, 0.6) is 0 Å². The van der Waals surface area contributed by atoms with Crippen molar-refractivity contribution in [3.05, 3.63) is 82.4 Å². The number of ether oxygens (including phenoxy) is 1. The van der Waals surface area contributed by atoms with Gasteiger partial charge in [-0.15, -0.1) is 0 Å². The molecule has 1 aliphatic carbocycles. The van der Waals surface area contributed by atoms with Crippen LogP contribution < -0.4 is 0 Å². The Bertz CT molecular complexity index is 779. The van der Waals surface area contributed by atoms with E-state index in [1.807, 2.05) is 0 Å². The molecule has 110 valence electrons. The normalized spacial score (nSPS) is 20.9. The molecule has 22 heavy (non-hydrogen) atoms. The molecule has 0 unspecified atom stereocenters. The molecule has 2 aromatic rings. The fourth-order valence-corrected chi connectivity index (χ4v) is 3.88. The van der Waals surface area contributed by atoms with Crippen LogP contribution in [-0.4, -0.2) is 13.2 Å². The highest BCUT2D eigenvalue weighted by Crippen LogP contribution is 2.50. The minimum absolute atomic E-state index is 0.0519. The van der Waals surface area contributed by atoms with E-state index in [1.54, 1.807) is 0 Å². The molecular formula is C21H20O. The standard InChI is InChI=1S/C21H20O/c1-21(2)19-11-7-6-10-17(19)18-14-22-13-16(20(18)21)12-15-8-4-3-5-9-15/h3-12H,13-14H2,1-2H3/b16-12-. The number of hydrogen-bond donors (Lipinski definition) is 0. The summed E-state index contributed by atoms with van der Waals surface area (Å²) in [4.78, 5) is 0. The van der Waals surface area contributed by atoms with Gasteiger partial charge in [-0.25, -0.2) is 0 Å². The van der Waals surface area contributed by atoms with Gasteiger partial charge in [0.2, 0.25) is 0 Å². The van der Waals surface area contributed by atoms with E-state index >= 15 is 0 Å². The molecule has 0 amide bonds. The van der Waals surface area contributed by atoms with E-state index in [-0.39, 0.29) is 5.41 Å². The van der Waals surface area contributed by atoms with Crippen molar-refractivity contribution in [2.24, 2.45) is 0 Å². The maximum Gasteiger partial charge on any atom is 0.0730 e. The third kappa shape index (κ3) is 1.97. The van der Waals surface area contributed by atoms with E-state index in [4.69, 9.17) is 4.74 Å². The van der Waals surface area contributed by atoms with E-state index in [0.29, 0.717) is 6.61 Å². The van der Waals surface area contributed by atoms with E-state index < -0.39 is 0 Å². The molecule has 0 spiro atoms. The molecule has 1 aliphatic heterocycles. The van der Waals surface area contributed by atoms with Crippen LogP contribution in [0.2, 0.25) is 0 Å². The van der Waals surface area contributed by atoms with Gasteiger partial charge >= 0.3 is 0 Å². The van der Waals surface area contributed by atoms with Crippen LogP contribution in [0.1, 0.15) is 30.5 Å². The SMILES string of the molecule is CC1(C)C2=C(COC/C2=C/c2ccccc2)c2ccccc21. The molecule has 0 atom stereocenters. The summed E-state index contributed by atoms with van der Waals surface area (Å²) in [6.45, 7) is 6.09. The fraction of sp³-hybridized carbons (Fsp3) is 0.238. The van der Waals surface area contributed by atoms with Gasteiger partial charge in [-0.3, -0.25) is 0 Å². The zero-order valence-electron chi connectivity index (χ0n) is 13.1. The van der Waals surface area contributed by atoms with E-state index in [1.165, 1.54) is 33.4 Å². The third-order valence-electron chi connectivity index (χ3n) is 4.82. The molecule has 0 saturated carbocycles. The Balaban J connectivity index is 1.89.